The number of amides is 1. The summed E-state index contributed by atoms with van der Waals surface area (Å²) in [4.78, 5) is 22.7. The summed E-state index contributed by atoms with van der Waals surface area (Å²) in [6.45, 7) is 3.90. The lowest BCUT2D eigenvalue weighted by molar-refractivity contribution is -0.124. The summed E-state index contributed by atoms with van der Waals surface area (Å²) < 4.78 is 22.0. The molecule has 4 atom stereocenters. The third-order valence-corrected chi connectivity index (χ3v) is 11.0. The van der Waals surface area contributed by atoms with Crippen LogP contribution in [0.2, 0.25) is 0 Å². The molecule has 10 heteroatoms. The molecule has 0 saturated carbocycles. The van der Waals surface area contributed by atoms with Gasteiger partial charge in [0.15, 0.2) is 0 Å². The van der Waals surface area contributed by atoms with E-state index < -0.39 is 38.6 Å². The predicted octanol–water partition coefficient (Wildman–Crippen LogP) is 11.7. The van der Waals surface area contributed by atoms with Gasteiger partial charge in [-0.2, -0.15) is 0 Å². The van der Waals surface area contributed by atoms with Crippen molar-refractivity contribution in [2.45, 2.75) is 225 Å². The van der Waals surface area contributed by atoms with Gasteiger partial charge in [0.1, 0.15) is 0 Å². The molecule has 0 aliphatic carbocycles. The molecule has 0 fully saturated rings. The van der Waals surface area contributed by atoms with Crippen molar-refractivity contribution < 1.29 is 33.5 Å². The molecule has 9 nitrogen and oxygen atoms in total. The minimum absolute atomic E-state index is 0.0427. The fourth-order valence-electron chi connectivity index (χ4n) is 6.55. The topological polar surface area (TPSA) is 151 Å². The second-order valence-electron chi connectivity index (χ2n) is 15.4. The smallest absolute Gasteiger partial charge is 0.393 e. The number of hydrogen-bond donors (Lipinski definition) is 5. The molecule has 0 heterocycles. The highest BCUT2D eigenvalue weighted by Gasteiger charge is 2.27. The Morgan fingerprint density at radius 3 is 1.49 bits per heavy atom. The number of rotatable bonds is 42. The molecule has 55 heavy (non-hydrogen) atoms. The average Bonchev–Trinajstić information content (AvgIpc) is 3.16. The molecule has 324 valence electrons. The van der Waals surface area contributed by atoms with Crippen LogP contribution in [0.3, 0.4) is 0 Å². The monoisotopic (exact) mass is 799 g/mol. The van der Waals surface area contributed by atoms with Gasteiger partial charge >= 0.3 is 7.82 Å². The lowest BCUT2D eigenvalue weighted by Crippen LogP contribution is -2.46. The van der Waals surface area contributed by atoms with Crippen LogP contribution >= 0.6 is 7.82 Å². The molecule has 0 aromatic heterocycles. The van der Waals surface area contributed by atoms with Crippen molar-refractivity contribution in [3.05, 3.63) is 36.5 Å². The number of nitrogens with two attached hydrogens (primary N) is 1. The van der Waals surface area contributed by atoms with E-state index >= 15 is 0 Å². The van der Waals surface area contributed by atoms with Gasteiger partial charge < -0.3 is 26.2 Å². The molecule has 0 aliphatic rings. The third kappa shape index (κ3) is 39.3. The second kappa shape index (κ2) is 40.9. The van der Waals surface area contributed by atoms with Gasteiger partial charge in [0.2, 0.25) is 5.91 Å². The number of nitrogens with one attached hydrogen (secondary N) is 1. The molecule has 0 bridgehead atoms. The number of aliphatic hydroxyl groups excluding tert-OH is 2. The number of carbonyl (C=O) groups excluding carboxylic acids is 1. The van der Waals surface area contributed by atoms with Crippen molar-refractivity contribution in [3.8, 4) is 0 Å². The Labute approximate surface area is 338 Å². The Hall–Kier alpha value is -1.32. The fourth-order valence-corrected chi connectivity index (χ4v) is 7.31. The normalized spacial score (nSPS) is 14.9. The summed E-state index contributed by atoms with van der Waals surface area (Å²) in [5.41, 5.74) is 5.35. The van der Waals surface area contributed by atoms with Crippen molar-refractivity contribution in [3.63, 3.8) is 0 Å². The largest absolute Gasteiger partial charge is 0.472 e. The zero-order valence-electron chi connectivity index (χ0n) is 35.5. The summed E-state index contributed by atoms with van der Waals surface area (Å²) >= 11 is 0. The van der Waals surface area contributed by atoms with Crippen LogP contribution < -0.4 is 11.1 Å². The van der Waals surface area contributed by atoms with E-state index in [-0.39, 0.29) is 19.6 Å². The zero-order chi connectivity index (χ0) is 40.5. The zero-order valence-corrected chi connectivity index (χ0v) is 36.4. The minimum atomic E-state index is -4.41. The molecular formula is C45H87N2O7P. The molecule has 4 unspecified atom stereocenters. The first-order valence-electron chi connectivity index (χ1n) is 22.7. The van der Waals surface area contributed by atoms with Crippen LogP contribution in [0.1, 0.15) is 206 Å². The Balaban J connectivity index is 4.20. The maximum atomic E-state index is 12.8. The van der Waals surface area contributed by atoms with Gasteiger partial charge in [-0.25, -0.2) is 4.57 Å². The fraction of sp³-hybridized carbons (Fsp3) is 0.844. The first kappa shape index (κ1) is 53.7. The van der Waals surface area contributed by atoms with Crippen LogP contribution in [0, 0.1) is 0 Å². The van der Waals surface area contributed by atoms with Crippen LogP contribution in [0.4, 0.5) is 0 Å². The van der Waals surface area contributed by atoms with E-state index in [9.17, 15) is 24.5 Å². The van der Waals surface area contributed by atoms with E-state index in [0.29, 0.717) is 12.8 Å². The van der Waals surface area contributed by atoms with Gasteiger partial charge in [-0.15, -0.1) is 0 Å². The number of allylic oxidation sites excluding steroid dienone is 5. The number of phosphoric acid groups is 1. The summed E-state index contributed by atoms with van der Waals surface area (Å²) in [7, 11) is -4.41. The highest BCUT2D eigenvalue weighted by atomic mass is 31.2. The van der Waals surface area contributed by atoms with Gasteiger partial charge in [0.05, 0.1) is 37.9 Å². The first-order valence-corrected chi connectivity index (χ1v) is 24.2. The Kier molecular flexibility index (Phi) is 39.9. The van der Waals surface area contributed by atoms with E-state index in [1.807, 2.05) is 6.08 Å². The summed E-state index contributed by atoms with van der Waals surface area (Å²) in [6.07, 6.45) is 45.3. The van der Waals surface area contributed by atoms with Gasteiger partial charge in [-0.1, -0.05) is 198 Å². The maximum absolute atomic E-state index is 12.8. The highest BCUT2D eigenvalue weighted by Crippen LogP contribution is 2.43. The number of carbonyl (C=O) groups is 1. The molecule has 0 aromatic carbocycles. The average molecular weight is 799 g/mol. The van der Waals surface area contributed by atoms with E-state index in [4.69, 9.17) is 14.8 Å². The van der Waals surface area contributed by atoms with Gasteiger partial charge in [-0.3, -0.25) is 13.8 Å². The standard InChI is InChI=1S/C45H87N2O7P/c1-3-5-7-9-11-13-15-17-18-19-20-21-22-23-24-25-26-28-30-32-34-36-42(48)40-45(50)47-43(41-54-55(51,52)53-39-38-46)44(49)37-35-33-31-29-27-16-14-12-10-8-6-4-2/h10,12,27,29,35,37,42-44,48-49H,3-9,11,13-26,28,30-34,36,38-41,46H2,1-2H3,(H,47,50)(H,51,52)/b12-10+,29-27+,37-35+. The van der Waals surface area contributed by atoms with Crippen LogP contribution in [0.25, 0.3) is 0 Å². The van der Waals surface area contributed by atoms with E-state index in [2.05, 4.69) is 43.5 Å². The van der Waals surface area contributed by atoms with Crippen LogP contribution in [0.5, 0.6) is 0 Å². The minimum Gasteiger partial charge on any atom is -0.393 e. The lowest BCUT2D eigenvalue weighted by Gasteiger charge is -2.24. The van der Waals surface area contributed by atoms with E-state index in [0.717, 1.165) is 44.9 Å². The SMILES string of the molecule is CCCC/C=C/CC/C=C/CC/C=C/C(O)C(COP(=O)(O)OCCN)NC(=O)CC(O)CCCCCCCCCCCCCCCCCCCCCCC. The molecule has 1 amide bonds. The van der Waals surface area contributed by atoms with Crippen LogP contribution in [0.15, 0.2) is 36.5 Å². The van der Waals surface area contributed by atoms with Gasteiger partial charge in [0, 0.05) is 6.54 Å². The van der Waals surface area contributed by atoms with Crippen molar-refractivity contribution in [1.29, 1.82) is 0 Å². The third-order valence-electron chi connectivity index (χ3n) is 10.0. The van der Waals surface area contributed by atoms with Gasteiger partial charge in [0.25, 0.3) is 0 Å². The molecule has 0 aromatic rings. The Bertz CT molecular complexity index is 977. The number of unbranched alkanes of at least 4 members (excludes halogenated alkanes) is 24. The van der Waals surface area contributed by atoms with Crippen molar-refractivity contribution in [1.82, 2.24) is 5.32 Å². The summed E-state index contributed by atoms with van der Waals surface area (Å²) in [5.74, 6) is -0.459. The Morgan fingerprint density at radius 2 is 1.04 bits per heavy atom. The maximum Gasteiger partial charge on any atom is 0.472 e. The quantitative estimate of drug-likeness (QED) is 0.0233. The predicted molar refractivity (Wildman–Crippen MR) is 232 cm³/mol. The van der Waals surface area contributed by atoms with Crippen LogP contribution in [-0.2, 0) is 18.4 Å². The molecule has 0 spiro atoms. The van der Waals surface area contributed by atoms with Crippen LogP contribution in [-0.4, -0.2) is 59.0 Å². The molecule has 0 aliphatic heterocycles. The molecule has 0 saturated heterocycles. The molecular weight excluding hydrogens is 711 g/mol. The first-order chi connectivity index (χ1) is 26.8. The van der Waals surface area contributed by atoms with Crippen molar-refractivity contribution >= 4 is 13.7 Å². The highest BCUT2D eigenvalue weighted by molar-refractivity contribution is 7.47. The van der Waals surface area contributed by atoms with E-state index in [1.54, 1.807) is 6.08 Å². The number of aliphatic hydroxyl groups is 2. The molecule has 6 N–H and O–H groups in total. The Morgan fingerprint density at radius 1 is 0.618 bits per heavy atom. The number of phosphoric ester groups is 1. The molecule has 0 rings (SSSR count). The van der Waals surface area contributed by atoms with Gasteiger partial charge in [-0.05, 0) is 38.5 Å². The van der Waals surface area contributed by atoms with Crippen molar-refractivity contribution in [2.24, 2.45) is 5.73 Å². The second-order valence-corrected chi connectivity index (χ2v) is 16.9. The number of hydrogen-bond acceptors (Lipinski definition) is 7. The molecule has 0 radical (unpaired) electrons. The summed E-state index contributed by atoms with van der Waals surface area (Å²) in [6, 6.07) is -1.00. The lowest BCUT2D eigenvalue weighted by atomic mass is 10.0. The van der Waals surface area contributed by atoms with Crippen molar-refractivity contribution in [2.75, 3.05) is 19.8 Å². The van der Waals surface area contributed by atoms with E-state index in [1.165, 1.54) is 128 Å². The summed E-state index contributed by atoms with van der Waals surface area (Å²) in [5, 5.41) is 24.0.